The lowest BCUT2D eigenvalue weighted by molar-refractivity contribution is -0.122. The molecule has 1 heterocycles. The molecule has 134 valence electrons. The van der Waals surface area contributed by atoms with Crippen LogP contribution in [0.25, 0.3) is 0 Å². The van der Waals surface area contributed by atoms with Crippen LogP contribution in [0.5, 0.6) is 0 Å². The van der Waals surface area contributed by atoms with Crippen LogP contribution in [0.4, 0.5) is 0 Å². The van der Waals surface area contributed by atoms with Crippen molar-refractivity contribution in [1.82, 2.24) is 10.2 Å². The number of carbonyl (C=O) groups excluding carboxylic acids is 3. The summed E-state index contributed by atoms with van der Waals surface area (Å²) in [5.41, 5.74) is 2.71. The van der Waals surface area contributed by atoms with Crippen molar-refractivity contribution >= 4 is 17.7 Å². The number of fused-ring (bicyclic) bond motifs is 1. The number of rotatable bonds is 6. The van der Waals surface area contributed by atoms with Crippen molar-refractivity contribution in [3.05, 3.63) is 70.8 Å². The summed E-state index contributed by atoms with van der Waals surface area (Å²) in [6, 6.07) is 14.3. The summed E-state index contributed by atoms with van der Waals surface area (Å²) in [7, 11) is 1.58. The van der Waals surface area contributed by atoms with Crippen molar-refractivity contribution in [1.29, 1.82) is 0 Å². The zero-order valence-electron chi connectivity index (χ0n) is 14.7. The normalized spacial score (nSPS) is 14.3. The molecule has 1 unspecified atom stereocenters. The number of imide groups is 1. The fourth-order valence-corrected chi connectivity index (χ4v) is 3.06. The number of nitrogens with one attached hydrogen (secondary N) is 1. The maximum Gasteiger partial charge on any atom is 0.262 e. The van der Waals surface area contributed by atoms with Crippen LogP contribution in [-0.4, -0.2) is 42.8 Å². The second kappa shape index (κ2) is 7.49. The van der Waals surface area contributed by atoms with Crippen LogP contribution < -0.4 is 5.32 Å². The molecule has 2 aromatic rings. The fraction of sp³-hybridized carbons (Fsp3) is 0.250. The summed E-state index contributed by atoms with van der Waals surface area (Å²) >= 11 is 0. The zero-order chi connectivity index (χ0) is 18.7. The Morgan fingerprint density at radius 2 is 1.62 bits per heavy atom. The third kappa shape index (κ3) is 3.36. The Hall–Kier alpha value is -2.99. The van der Waals surface area contributed by atoms with E-state index in [1.54, 1.807) is 31.4 Å². The summed E-state index contributed by atoms with van der Waals surface area (Å²) < 4.78 is 5.47. The van der Waals surface area contributed by atoms with Crippen LogP contribution in [0.1, 0.15) is 37.9 Å². The Bertz CT molecular complexity index is 827. The van der Waals surface area contributed by atoms with Gasteiger partial charge in [-0.05, 0) is 30.2 Å². The molecule has 6 heteroatoms. The van der Waals surface area contributed by atoms with Gasteiger partial charge in [-0.1, -0.05) is 36.4 Å². The van der Waals surface area contributed by atoms with Gasteiger partial charge in [-0.2, -0.15) is 0 Å². The Balaban J connectivity index is 1.62. The highest BCUT2D eigenvalue weighted by atomic mass is 16.5. The van der Waals surface area contributed by atoms with E-state index < -0.39 is 17.7 Å². The number of carbonyl (C=O) groups is 3. The Morgan fingerprint density at radius 1 is 1.04 bits per heavy atom. The SMILES string of the molecule is COC(CNC(=O)CN1C(=O)c2ccccc2C1=O)c1ccccc1C. The van der Waals surface area contributed by atoms with Crippen LogP contribution in [0.3, 0.4) is 0 Å². The molecule has 2 aromatic carbocycles. The van der Waals surface area contributed by atoms with Gasteiger partial charge in [-0.15, -0.1) is 0 Å². The second-order valence-corrected chi connectivity index (χ2v) is 6.13. The van der Waals surface area contributed by atoms with Crippen LogP contribution in [0.15, 0.2) is 48.5 Å². The molecule has 1 N–H and O–H groups in total. The van der Waals surface area contributed by atoms with E-state index in [2.05, 4.69) is 5.32 Å². The molecular formula is C20H20N2O4. The monoisotopic (exact) mass is 352 g/mol. The highest BCUT2D eigenvalue weighted by Crippen LogP contribution is 2.22. The van der Waals surface area contributed by atoms with Gasteiger partial charge in [0, 0.05) is 13.7 Å². The highest BCUT2D eigenvalue weighted by molar-refractivity contribution is 6.22. The van der Waals surface area contributed by atoms with Crippen molar-refractivity contribution < 1.29 is 19.1 Å². The van der Waals surface area contributed by atoms with E-state index in [9.17, 15) is 14.4 Å². The Morgan fingerprint density at radius 3 is 2.19 bits per heavy atom. The van der Waals surface area contributed by atoms with Crippen molar-refractivity contribution in [3.63, 3.8) is 0 Å². The van der Waals surface area contributed by atoms with E-state index in [1.807, 2.05) is 31.2 Å². The number of hydrogen-bond acceptors (Lipinski definition) is 4. The van der Waals surface area contributed by atoms with E-state index in [0.717, 1.165) is 16.0 Å². The van der Waals surface area contributed by atoms with Crippen molar-refractivity contribution in [2.75, 3.05) is 20.2 Å². The average molecular weight is 352 g/mol. The number of amides is 3. The van der Waals surface area contributed by atoms with Gasteiger partial charge in [-0.3, -0.25) is 19.3 Å². The van der Waals surface area contributed by atoms with Crippen LogP contribution in [-0.2, 0) is 9.53 Å². The Labute approximate surface area is 151 Å². The van der Waals surface area contributed by atoms with Crippen LogP contribution in [0.2, 0.25) is 0 Å². The van der Waals surface area contributed by atoms with Gasteiger partial charge < -0.3 is 10.1 Å². The van der Waals surface area contributed by atoms with Crippen molar-refractivity contribution in [2.24, 2.45) is 0 Å². The van der Waals surface area contributed by atoms with E-state index >= 15 is 0 Å². The number of benzene rings is 2. The maximum atomic E-state index is 12.3. The molecule has 0 saturated heterocycles. The quantitative estimate of drug-likeness (QED) is 0.808. The summed E-state index contributed by atoms with van der Waals surface area (Å²) in [5.74, 6) is -1.29. The third-order valence-electron chi connectivity index (χ3n) is 4.48. The van der Waals surface area contributed by atoms with Gasteiger partial charge in [0.1, 0.15) is 6.54 Å². The predicted octanol–water partition coefficient (Wildman–Crippen LogP) is 2.09. The molecule has 1 atom stereocenters. The molecule has 3 amide bonds. The first-order chi connectivity index (χ1) is 12.5. The van der Waals surface area contributed by atoms with Crippen LogP contribution >= 0.6 is 0 Å². The molecule has 0 radical (unpaired) electrons. The van der Waals surface area contributed by atoms with Gasteiger partial charge in [0.2, 0.25) is 5.91 Å². The van der Waals surface area contributed by atoms with Gasteiger partial charge >= 0.3 is 0 Å². The number of hydrogen-bond donors (Lipinski definition) is 1. The van der Waals surface area contributed by atoms with Crippen molar-refractivity contribution in [3.8, 4) is 0 Å². The minimum Gasteiger partial charge on any atom is -0.375 e. The first kappa shape index (κ1) is 17.8. The standard InChI is InChI=1S/C20H20N2O4/c1-13-7-3-4-8-14(13)17(26-2)11-21-18(23)12-22-19(24)15-9-5-6-10-16(15)20(22)25/h3-10,17H,11-12H2,1-2H3,(H,21,23). The lowest BCUT2D eigenvalue weighted by Gasteiger charge is -2.19. The lowest BCUT2D eigenvalue weighted by atomic mass is 10.0. The summed E-state index contributed by atoms with van der Waals surface area (Å²) in [6.07, 6.45) is -0.303. The Kier molecular flexibility index (Phi) is 5.14. The smallest absolute Gasteiger partial charge is 0.262 e. The minimum atomic E-state index is -0.442. The third-order valence-corrected chi connectivity index (χ3v) is 4.48. The molecular weight excluding hydrogens is 332 g/mol. The molecule has 0 saturated carbocycles. The highest BCUT2D eigenvalue weighted by Gasteiger charge is 2.36. The zero-order valence-corrected chi connectivity index (χ0v) is 14.7. The predicted molar refractivity (Wildman–Crippen MR) is 95.7 cm³/mol. The topological polar surface area (TPSA) is 75.7 Å². The van der Waals surface area contributed by atoms with E-state index in [0.29, 0.717) is 11.1 Å². The van der Waals surface area contributed by atoms with Crippen LogP contribution in [0, 0.1) is 6.92 Å². The largest absolute Gasteiger partial charge is 0.375 e. The minimum absolute atomic E-state index is 0.253. The summed E-state index contributed by atoms with van der Waals surface area (Å²) in [4.78, 5) is 37.8. The van der Waals surface area contributed by atoms with Gasteiger partial charge in [0.15, 0.2) is 0 Å². The number of nitrogens with zero attached hydrogens (tertiary/aromatic N) is 1. The van der Waals surface area contributed by atoms with E-state index in [4.69, 9.17) is 4.74 Å². The second-order valence-electron chi connectivity index (χ2n) is 6.13. The fourth-order valence-electron chi connectivity index (χ4n) is 3.06. The number of ether oxygens (including phenoxy) is 1. The van der Waals surface area contributed by atoms with Gasteiger partial charge in [0.05, 0.1) is 17.2 Å². The van der Waals surface area contributed by atoms with Gasteiger partial charge in [-0.25, -0.2) is 0 Å². The summed E-state index contributed by atoms with van der Waals surface area (Å²) in [5, 5.41) is 2.74. The average Bonchev–Trinajstić information content (AvgIpc) is 2.89. The molecule has 26 heavy (non-hydrogen) atoms. The lowest BCUT2D eigenvalue weighted by Crippen LogP contribution is -2.41. The summed E-state index contributed by atoms with van der Waals surface area (Å²) in [6.45, 7) is 1.92. The molecule has 0 bridgehead atoms. The molecule has 0 aromatic heterocycles. The molecule has 6 nitrogen and oxygen atoms in total. The first-order valence-corrected chi connectivity index (χ1v) is 8.33. The molecule has 0 spiro atoms. The molecule has 0 fully saturated rings. The first-order valence-electron chi connectivity index (χ1n) is 8.33. The molecule has 1 aliphatic heterocycles. The van der Waals surface area contributed by atoms with E-state index in [-0.39, 0.29) is 19.2 Å². The molecule has 1 aliphatic rings. The van der Waals surface area contributed by atoms with Gasteiger partial charge in [0.25, 0.3) is 11.8 Å². The molecule has 0 aliphatic carbocycles. The number of methoxy groups -OCH3 is 1. The van der Waals surface area contributed by atoms with Crippen molar-refractivity contribution in [2.45, 2.75) is 13.0 Å². The molecule has 3 rings (SSSR count). The number of aryl methyl sites for hydroxylation is 1. The van der Waals surface area contributed by atoms with E-state index in [1.165, 1.54) is 0 Å². The maximum absolute atomic E-state index is 12.3.